The number of aromatic amines is 2. The first-order valence-corrected chi connectivity index (χ1v) is 14.1. The summed E-state index contributed by atoms with van der Waals surface area (Å²) in [6, 6.07) is 28.1. The van der Waals surface area contributed by atoms with Gasteiger partial charge in [0.05, 0.1) is 38.3 Å². The number of H-pyrrole nitrogens is 2. The number of halogens is 2. The zero-order valence-corrected chi connectivity index (χ0v) is 23.6. The highest BCUT2D eigenvalue weighted by Crippen LogP contribution is 2.35. The van der Waals surface area contributed by atoms with Gasteiger partial charge in [0.2, 0.25) is 0 Å². The molecule has 0 spiro atoms. The first-order valence-electron chi connectivity index (χ1n) is 13.3. The molecule has 5 heterocycles. The number of carbonyl (C=O) groups excluding carboxylic acids is 1. The van der Waals surface area contributed by atoms with Gasteiger partial charge in [-0.25, -0.2) is 9.97 Å². The molecule has 5 aromatic rings. The van der Waals surface area contributed by atoms with E-state index in [4.69, 9.17) is 33.2 Å². The second kappa shape index (κ2) is 10.8. The van der Waals surface area contributed by atoms with Crippen molar-refractivity contribution in [3.63, 3.8) is 0 Å². The van der Waals surface area contributed by atoms with Crippen LogP contribution in [-0.4, -0.2) is 26.2 Å². The molecule has 0 atom stereocenters. The number of rotatable bonds is 4. The van der Waals surface area contributed by atoms with Crippen LogP contribution >= 0.6 is 23.2 Å². The Labute approximate surface area is 251 Å². The van der Waals surface area contributed by atoms with Gasteiger partial charge >= 0.3 is 0 Å². The molecular formula is C35H22Cl2N4O. The molecule has 0 unspecified atom stereocenters. The van der Waals surface area contributed by atoms with Gasteiger partial charge in [-0.15, -0.1) is 0 Å². The zero-order valence-electron chi connectivity index (χ0n) is 22.1. The molecule has 0 aliphatic carbocycles. The molecule has 2 aliphatic rings. The third kappa shape index (κ3) is 4.69. The fourth-order valence-corrected chi connectivity index (χ4v) is 5.66. The number of aldehydes is 1. The van der Waals surface area contributed by atoms with Crippen LogP contribution in [0.4, 0.5) is 0 Å². The highest BCUT2D eigenvalue weighted by Gasteiger charge is 2.16. The number of allylic oxidation sites excluding steroid dienone is 1. The molecule has 2 N–H and O–H groups in total. The number of fused-ring (bicyclic) bond motifs is 8. The number of hydrogen-bond donors (Lipinski definition) is 2. The number of nitrogens with zero attached hydrogens (tertiary/aromatic N) is 2. The van der Waals surface area contributed by atoms with Crippen molar-refractivity contribution in [3.8, 4) is 22.3 Å². The van der Waals surface area contributed by atoms with Crippen molar-refractivity contribution in [1.82, 2.24) is 19.9 Å². The van der Waals surface area contributed by atoms with Crippen LogP contribution in [0.5, 0.6) is 0 Å². The first kappa shape index (κ1) is 26.0. The molecule has 0 saturated carbocycles. The molecule has 0 radical (unpaired) electrons. The van der Waals surface area contributed by atoms with Crippen LogP contribution in [-0.2, 0) is 4.79 Å². The van der Waals surface area contributed by atoms with Crippen molar-refractivity contribution in [2.24, 2.45) is 0 Å². The average Bonchev–Trinajstić information content (AvgIpc) is 3.85. The van der Waals surface area contributed by atoms with E-state index in [1.54, 1.807) is 6.08 Å². The lowest BCUT2D eigenvalue weighted by Crippen LogP contribution is -1.88. The summed E-state index contributed by atoms with van der Waals surface area (Å²) in [5.74, 6) is 0. The maximum atomic E-state index is 11.6. The Balaban J connectivity index is 1.67. The summed E-state index contributed by atoms with van der Waals surface area (Å²) in [6.07, 6.45) is 10.1. The molecule has 7 heteroatoms. The van der Waals surface area contributed by atoms with Crippen LogP contribution in [0.3, 0.4) is 0 Å². The lowest BCUT2D eigenvalue weighted by Gasteiger charge is -2.04. The van der Waals surface area contributed by atoms with Crippen LogP contribution in [0.1, 0.15) is 28.3 Å². The quantitative estimate of drug-likeness (QED) is 0.160. The Kier molecular flexibility index (Phi) is 6.67. The summed E-state index contributed by atoms with van der Waals surface area (Å²) in [6.45, 7) is 0. The van der Waals surface area contributed by atoms with Gasteiger partial charge in [-0.05, 0) is 65.8 Å². The molecular weight excluding hydrogens is 563 g/mol. The number of aromatic nitrogens is 4. The number of carbonyl (C=O) groups is 1. The van der Waals surface area contributed by atoms with Crippen molar-refractivity contribution in [2.45, 2.75) is 0 Å². The van der Waals surface area contributed by atoms with Crippen LogP contribution in [0.25, 0.3) is 74.7 Å². The standard InChI is InChI=1S/C35H22Cl2N4O/c36-23(20-42)19-24-25-11-13-27(38-25)33(21-7-3-1-4-8-21)29-15-17-31(40-29)35(37)32-18-16-30(41-32)34(22-9-5-2-6-10-22)28-14-12-26(24)39-28/h1-20,38,41H/b23-19-,25-24?,26-24?,33-27?,33-29?,34-28?,34-30?,35-31?,35-32?. The monoisotopic (exact) mass is 584 g/mol. The van der Waals surface area contributed by atoms with Gasteiger partial charge in [0.1, 0.15) is 0 Å². The second-order valence-corrected chi connectivity index (χ2v) is 10.7. The number of benzene rings is 2. The van der Waals surface area contributed by atoms with Crippen LogP contribution in [0, 0.1) is 0 Å². The van der Waals surface area contributed by atoms with E-state index in [0.29, 0.717) is 28.3 Å². The molecule has 202 valence electrons. The van der Waals surface area contributed by atoms with Crippen molar-refractivity contribution < 1.29 is 4.79 Å². The van der Waals surface area contributed by atoms with Gasteiger partial charge in [0.15, 0.2) is 6.29 Å². The van der Waals surface area contributed by atoms with Crippen LogP contribution in [0.15, 0.2) is 90.0 Å². The summed E-state index contributed by atoms with van der Waals surface area (Å²) in [5.41, 5.74) is 10.6. The van der Waals surface area contributed by atoms with Crippen LogP contribution in [0.2, 0.25) is 5.02 Å². The van der Waals surface area contributed by atoms with Gasteiger partial charge in [0.25, 0.3) is 0 Å². The Hall–Kier alpha value is -4.97. The Morgan fingerprint density at radius 3 is 1.67 bits per heavy atom. The Morgan fingerprint density at radius 1 is 0.595 bits per heavy atom. The minimum atomic E-state index is 0.0705. The third-order valence-corrected chi connectivity index (χ3v) is 7.85. The van der Waals surface area contributed by atoms with E-state index in [1.807, 2.05) is 109 Å². The summed E-state index contributed by atoms with van der Waals surface area (Å²) in [5, 5.41) is 0.591. The summed E-state index contributed by atoms with van der Waals surface area (Å²) in [4.78, 5) is 28.7. The maximum absolute atomic E-state index is 11.6. The lowest BCUT2D eigenvalue weighted by atomic mass is 10.0. The Bertz CT molecular complexity index is 2080. The van der Waals surface area contributed by atoms with E-state index < -0.39 is 0 Å². The first-order chi connectivity index (χ1) is 20.6. The van der Waals surface area contributed by atoms with Gasteiger partial charge in [-0.3, -0.25) is 4.79 Å². The van der Waals surface area contributed by atoms with E-state index in [-0.39, 0.29) is 5.03 Å². The molecule has 7 rings (SSSR count). The van der Waals surface area contributed by atoms with Gasteiger partial charge < -0.3 is 9.97 Å². The van der Waals surface area contributed by atoms with E-state index in [9.17, 15) is 4.79 Å². The summed E-state index contributed by atoms with van der Waals surface area (Å²) in [7, 11) is 0. The van der Waals surface area contributed by atoms with Gasteiger partial charge in [-0.1, -0.05) is 83.9 Å². The molecule has 2 aromatic carbocycles. The van der Waals surface area contributed by atoms with Crippen LogP contribution < -0.4 is 0 Å². The Morgan fingerprint density at radius 2 is 1.07 bits per heavy atom. The lowest BCUT2D eigenvalue weighted by molar-refractivity contribution is -0.104. The van der Waals surface area contributed by atoms with Crippen molar-refractivity contribution in [2.75, 3.05) is 0 Å². The summed E-state index contributed by atoms with van der Waals surface area (Å²) >= 11 is 13.2. The molecule has 0 amide bonds. The minimum absolute atomic E-state index is 0.0705. The normalized spacial score (nSPS) is 12.6. The topological polar surface area (TPSA) is 74.4 Å². The van der Waals surface area contributed by atoms with Crippen molar-refractivity contribution >= 4 is 81.9 Å². The largest absolute Gasteiger partial charge is 0.354 e. The van der Waals surface area contributed by atoms with Gasteiger partial charge in [0, 0.05) is 33.2 Å². The number of nitrogens with one attached hydrogen (secondary N) is 2. The van der Waals surface area contributed by atoms with E-state index in [1.165, 1.54) is 0 Å². The second-order valence-electron chi connectivity index (χ2n) is 9.86. The molecule has 3 aromatic heterocycles. The molecule has 5 nitrogen and oxygen atoms in total. The minimum Gasteiger partial charge on any atom is -0.354 e. The molecule has 42 heavy (non-hydrogen) atoms. The molecule has 0 saturated heterocycles. The average molecular weight is 585 g/mol. The SMILES string of the molecule is O=C/C(Cl)=C/c1c2nc(c(-c3ccccc3)c3ccc([nH]3)c(Cl)c3nc(c(-c4ccccc4)c4ccc1[nH]4)C=C3)C=C2. The maximum Gasteiger partial charge on any atom is 0.161 e. The van der Waals surface area contributed by atoms with Crippen molar-refractivity contribution in [3.05, 3.63) is 123 Å². The van der Waals surface area contributed by atoms with E-state index in [2.05, 4.69) is 9.97 Å². The van der Waals surface area contributed by atoms with Crippen molar-refractivity contribution in [1.29, 1.82) is 0 Å². The predicted octanol–water partition coefficient (Wildman–Crippen LogP) is 9.42. The highest BCUT2D eigenvalue weighted by atomic mass is 35.5. The third-order valence-electron chi connectivity index (χ3n) is 7.25. The highest BCUT2D eigenvalue weighted by molar-refractivity contribution is 6.40. The predicted molar refractivity (Wildman–Crippen MR) is 175 cm³/mol. The fourth-order valence-electron chi connectivity index (χ4n) is 5.33. The molecule has 2 aliphatic heterocycles. The van der Waals surface area contributed by atoms with E-state index in [0.717, 1.165) is 55.7 Å². The smallest absolute Gasteiger partial charge is 0.161 e. The molecule has 0 fully saturated rings. The number of hydrogen-bond acceptors (Lipinski definition) is 3. The zero-order chi connectivity index (χ0) is 28.6. The van der Waals surface area contributed by atoms with Gasteiger partial charge in [-0.2, -0.15) is 0 Å². The van der Waals surface area contributed by atoms with E-state index >= 15 is 0 Å². The fraction of sp³-hybridized carbons (Fsp3) is 0. The summed E-state index contributed by atoms with van der Waals surface area (Å²) < 4.78 is 0. The molecule has 8 bridgehead atoms.